The van der Waals surface area contributed by atoms with Gasteiger partial charge in [-0.05, 0) is 33.0 Å². The Hall–Kier alpha value is -0.420. The van der Waals surface area contributed by atoms with E-state index in [9.17, 15) is 4.79 Å². The van der Waals surface area contributed by atoms with Gasteiger partial charge in [-0.25, -0.2) is 0 Å². The number of halogens is 1. The van der Waals surface area contributed by atoms with Crippen LogP contribution in [0, 0.1) is 0 Å². The largest absolute Gasteiger partial charge is 0.377 e. The fourth-order valence-electron chi connectivity index (χ4n) is 1.31. The highest BCUT2D eigenvalue weighted by Crippen LogP contribution is 2.21. The predicted octanol–water partition coefficient (Wildman–Crippen LogP) is 2.94. The molecule has 0 fully saturated rings. The Kier molecular flexibility index (Phi) is 6.12. The third kappa shape index (κ3) is 5.64. The molecule has 1 aromatic heterocycles. The molecular formula is C12H18ClNO2S. The first kappa shape index (κ1) is 14.6. The quantitative estimate of drug-likeness (QED) is 0.717. The summed E-state index contributed by atoms with van der Waals surface area (Å²) in [6, 6.07) is 3.52. The second kappa shape index (κ2) is 7.11. The lowest BCUT2D eigenvalue weighted by Gasteiger charge is -2.16. The number of Topliss-reactive ketones (excluding diaryl/α,β-unsaturated/α-hetero) is 1. The van der Waals surface area contributed by atoms with Crippen LogP contribution in [-0.4, -0.2) is 43.5 Å². The number of nitrogens with zero attached hydrogens (tertiary/aromatic N) is 1. The normalized spacial score (nSPS) is 11.4. The minimum absolute atomic E-state index is 0.106. The van der Waals surface area contributed by atoms with Crippen molar-refractivity contribution in [2.45, 2.75) is 20.0 Å². The molecule has 0 aliphatic rings. The van der Waals surface area contributed by atoms with E-state index in [-0.39, 0.29) is 11.9 Å². The number of ketones is 1. The topological polar surface area (TPSA) is 29.5 Å². The molecule has 5 heteroatoms. The molecule has 0 saturated carbocycles. The van der Waals surface area contributed by atoms with Gasteiger partial charge in [0.1, 0.15) is 0 Å². The fourth-order valence-corrected chi connectivity index (χ4v) is 2.28. The standard InChI is InChI=1S/C12H18ClNO2S/c1-9(2)16-7-6-14(3)8-10(15)11-4-5-12(13)17-11/h4-5,9H,6-8H2,1-3H3. The van der Waals surface area contributed by atoms with Crippen molar-refractivity contribution in [2.75, 3.05) is 26.7 Å². The second-order valence-electron chi connectivity index (χ2n) is 4.18. The van der Waals surface area contributed by atoms with Crippen LogP contribution in [-0.2, 0) is 4.74 Å². The number of carbonyl (C=O) groups is 1. The summed E-state index contributed by atoms with van der Waals surface area (Å²) in [5.74, 6) is 0.106. The zero-order valence-corrected chi connectivity index (χ0v) is 12.0. The van der Waals surface area contributed by atoms with Crippen molar-refractivity contribution >= 4 is 28.7 Å². The molecule has 0 amide bonds. The van der Waals surface area contributed by atoms with Crippen LogP contribution >= 0.6 is 22.9 Å². The van der Waals surface area contributed by atoms with Crippen molar-refractivity contribution in [3.8, 4) is 0 Å². The molecule has 0 bridgehead atoms. The molecule has 0 unspecified atom stereocenters. The number of carbonyl (C=O) groups excluding carboxylic acids is 1. The van der Waals surface area contributed by atoms with Gasteiger partial charge in [-0.1, -0.05) is 11.6 Å². The number of thiophene rings is 1. The Morgan fingerprint density at radius 3 is 2.76 bits per heavy atom. The molecule has 17 heavy (non-hydrogen) atoms. The number of ether oxygens (including phenoxy) is 1. The van der Waals surface area contributed by atoms with Crippen molar-refractivity contribution in [3.63, 3.8) is 0 Å². The van der Waals surface area contributed by atoms with Crippen LogP contribution in [0.3, 0.4) is 0 Å². The summed E-state index contributed by atoms with van der Waals surface area (Å²) >= 11 is 7.12. The maximum absolute atomic E-state index is 11.8. The van der Waals surface area contributed by atoms with Gasteiger partial charge >= 0.3 is 0 Å². The van der Waals surface area contributed by atoms with E-state index in [1.807, 2.05) is 25.8 Å². The maximum atomic E-state index is 11.8. The zero-order chi connectivity index (χ0) is 12.8. The van der Waals surface area contributed by atoms with Gasteiger partial charge in [0.15, 0.2) is 5.78 Å². The van der Waals surface area contributed by atoms with Crippen molar-refractivity contribution < 1.29 is 9.53 Å². The molecule has 96 valence electrons. The van der Waals surface area contributed by atoms with E-state index in [1.165, 1.54) is 11.3 Å². The van der Waals surface area contributed by atoms with Gasteiger partial charge in [-0.2, -0.15) is 0 Å². The van der Waals surface area contributed by atoms with Gasteiger partial charge in [0, 0.05) is 6.54 Å². The first-order valence-electron chi connectivity index (χ1n) is 5.57. The molecule has 0 aromatic carbocycles. The van der Waals surface area contributed by atoms with Gasteiger partial charge < -0.3 is 4.74 Å². The summed E-state index contributed by atoms with van der Waals surface area (Å²) < 4.78 is 6.08. The van der Waals surface area contributed by atoms with Crippen molar-refractivity contribution in [3.05, 3.63) is 21.3 Å². The van der Waals surface area contributed by atoms with Crippen LogP contribution in [0.2, 0.25) is 4.34 Å². The molecular weight excluding hydrogens is 258 g/mol. The van der Waals surface area contributed by atoms with Crippen LogP contribution in [0.15, 0.2) is 12.1 Å². The van der Waals surface area contributed by atoms with Gasteiger partial charge in [-0.15, -0.1) is 11.3 Å². The maximum Gasteiger partial charge on any atom is 0.186 e. The van der Waals surface area contributed by atoms with Crippen LogP contribution in [0.25, 0.3) is 0 Å². The third-order valence-electron chi connectivity index (χ3n) is 2.19. The zero-order valence-electron chi connectivity index (χ0n) is 10.4. The monoisotopic (exact) mass is 275 g/mol. The minimum Gasteiger partial charge on any atom is -0.377 e. The Balaban J connectivity index is 2.31. The molecule has 1 rings (SSSR count). The SMILES string of the molecule is CC(C)OCCN(C)CC(=O)c1ccc(Cl)s1. The molecule has 0 saturated heterocycles. The summed E-state index contributed by atoms with van der Waals surface area (Å²) in [5.41, 5.74) is 0. The van der Waals surface area contributed by atoms with Gasteiger partial charge in [0.2, 0.25) is 0 Å². The Morgan fingerprint density at radius 2 is 2.24 bits per heavy atom. The predicted molar refractivity (Wildman–Crippen MR) is 72.2 cm³/mol. The fraction of sp³-hybridized carbons (Fsp3) is 0.583. The summed E-state index contributed by atoms with van der Waals surface area (Å²) in [4.78, 5) is 14.5. The lowest BCUT2D eigenvalue weighted by molar-refractivity contribution is 0.0620. The van der Waals surface area contributed by atoms with E-state index in [2.05, 4.69) is 0 Å². The molecule has 1 aromatic rings. The van der Waals surface area contributed by atoms with Crippen LogP contribution in [0.1, 0.15) is 23.5 Å². The highest BCUT2D eigenvalue weighted by atomic mass is 35.5. The summed E-state index contributed by atoms with van der Waals surface area (Å²) in [5, 5.41) is 0. The number of hydrogen-bond acceptors (Lipinski definition) is 4. The van der Waals surface area contributed by atoms with Gasteiger partial charge in [0.25, 0.3) is 0 Å². The van der Waals surface area contributed by atoms with E-state index >= 15 is 0 Å². The second-order valence-corrected chi connectivity index (χ2v) is 5.90. The number of likely N-dealkylation sites (N-methyl/N-ethyl adjacent to an activating group) is 1. The molecule has 0 aliphatic heterocycles. The Labute approximate surface area is 111 Å². The Morgan fingerprint density at radius 1 is 1.53 bits per heavy atom. The summed E-state index contributed by atoms with van der Waals surface area (Å²) in [6.07, 6.45) is 0.232. The van der Waals surface area contributed by atoms with E-state index < -0.39 is 0 Å². The smallest absolute Gasteiger partial charge is 0.186 e. The van der Waals surface area contributed by atoms with Crippen molar-refractivity contribution in [2.24, 2.45) is 0 Å². The molecule has 0 aliphatic carbocycles. The van der Waals surface area contributed by atoms with E-state index in [4.69, 9.17) is 16.3 Å². The molecule has 0 atom stereocenters. The van der Waals surface area contributed by atoms with Gasteiger partial charge in [0.05, 0.1) is 28.5 Å². The molecule has 1 heterocycles. The summed E-state index contributed by atoms with van der Waals surface area (Å²) in [7, 11) is 1.91. The van der Waals surface area contributed by atoms with Crippen LogP contribution in [0.5, 0.6) is 0 Å². The lowest BCUT2D eigenvalue weighted by atomic mass is 10.3. The van der Waals surface area contributed by atoms with Gasteiger partial charge in [-0.3, -0.25) is 9.69 Å². The molecule has 0 radical (unpaired) electrons. The van der Waals surface area contributed by atoms with E-state index in [0.29, 0.717) is 22.4 Å². The summed E-state index contributed by atoms with van der Waals surface area (Å²) in [6.45, 7) is 5.80. The molecule has 3 nitrogen and oxygen atoms in total. The first-order valence-corrected chi connectivity index (χ1v) is 6.77. The highest BCUT2D eigenvalue weighted by molar-refractivity contribution is 7.18. The highest BCUT2D eigenvalue weighted by Gasteiger charge is 2.11. The van der Waals surface area contributed by atoms with E-state index in [0.717, 1.165) is 6.54 Å². The lowest BCUT2D eigenvalue weighted by Crippen LogP contribution is -2.29. The number of hydrogen-bond donors (Lipinski definition) is 0. The molecule has 0 spiro atoms. The van der Waals surface area contributed by atoms with Crippen LogP contribution < -0.4 is 0 Å². The third-order valence-corrected chi connectivity index (χ3v) is 3.46. The average molecular weight is 276 g/mol. The molecule has 0 N–H and O–H groups in total. The average Bonchev–Trinajstić information content (AvgIpc) is 2.64. The number of rotatable bonds is 7. The van der Waals surface area contributed by atoms with Crippen LogP contribution in [0.4, 0.5) is 0 Å². The minimum atomic E-state index is 0.106. The van der Waals surface area contributed by atoms with E-state index in [1.54, 1.807) is 12.1 Å². The van der Waals surface area contributed by atoms with Crippen molar-refractivity contribution in [1.29, 1.82) is 0 Å². The first-order chi connectivity index (χ1) is 7.99. The Bertz CT molecular complexity index is 365. The van der Waals surface area contributed by atoms with Crippen molar-refractivity contribution in [1.82, 2.24) is 4.90 Å².